The molecule has 0 unspecified atom stereocenters. The van der Waals surface area contributed by atoms with Crippen LogP contribution in [-0.2, 0) is 6.42 Å². The van der Waals surface area contributed by atoms with Gasteiger partial charge in [-0.1, -0.05) is 13.8 Å². The molecule has 0 aromatic carbocycles. The summed E-state index contributed by atoms with van der Waals surface area (Å²) in [5, 5.41) is 15.0. The zero-order valence-electron chi connectivity index (χ0n) is 11.3. The highest BCUT2D eigenvalue weighted by atomic mass is 16.4. The predicted molar refractivity (Wildman–Crippen MR) is 69.0 cm³/mol. The minimum Gasteiger partial charge on any atom is -0.455 e. The van der Waals surface area contributed by atoms with Crippen LogP contribution in [0.3, 0.4) is 0 Å². The summed E-state index contributed by atoms with van der Waals surface area (Å²) in [6.07, 6.45) is 1.46. The van der Waals surface area contributed by atoms with Crippen molar-refractivity contribution in [2.75, 3.05) is 7.11 Å². The van der Waals surface area contributed by atoms with E-state index in [0.717, 1.165) is 24.9 Å². The Labute approximate surface area is 106 Å². The van der Waals surface area contributed by atoms with Crippen molar-refractivity contribution in [2.24, 2.45) is 11.1 Å². The molecule has 18 heavy (non-hydrogen) atoms. The van der Waals surface area contributed by atoms with Crippen molar-refractivity contribution in [3.8, 4) is 0 Å². The first kappa shape index (κ1) is 14.4. The third-order valence-electron chi connectivity index (χ3n) is 3.04. The van der Waals surface area contributed by atoms with Crippen LogP contribution in [0, 0.1) is 17.7 Å². The Morgan fingerprint density at radius 2 is 1.94 bits per heavy atom. The number of hydrogen-bond acceptors (Lipinski definition) is 4. The summed E-state index contributed by atoms with van der Waals surface area (Å²) in [7, 11) is 1.00. The van der Waals surface area contributed by atoms with E-state index in [9.17, 15) is 4.79 Å². The lowest BCUT2D eigenvalue weighted by molar-refractivity contribution is 0.0970. The van der Waals surface area contributed by atoms with Gasteiger partial charge in [0.2, 0.25) is 0 Å². The number of amides is 1. The molecule has 5 heteroatoms. The second kappa shape index (κ2) is 4.94. The van der Waals surface area contributed by atoms with Gasteiger partial charge in [-0.2, -0.15) is 0 Å². The quantitative estimate of drug-likeness (QED) is 0.708. The number of carbonyl (C=O) groups is 1. The fourth-order valence-corrected chi connectivity index (χ4v) is 2.39. The summed E-state index contributed by atoms with van der Waals surface area (Å²) in [5.41, 5.74) is 7.29. The molecule has 1 aliphatic carbocycles. The second-order valence-electron chi connectivity index (χ2n) is 5.21. The molecule has 100 valence electrons. The number of nitrogens with one attached hydrogen (secondary N) is 1. The first-order valence-corrected chi connectivity index (χ1v) is 5.76. The molecule has 2 rings (SSSR count). The van der Waals surface area contributed by atoms with E-state index in [4.69, 9.17) is 20.7 Å². The lowest BCUT2D eigenvalue weighted by atomic mass is 9.75. The molecule has 0 atom stereocenters. The van der Waals surface area contributed by atoms with Crippen LogP contribution in [0.5, 0.6) is 0 Å². The lowest BCUT2D eigenvalue weighted by Crippen LogP contribution is -2.26. The molecule has 1 aromatic heterocycles. The molecule has 0 spiro atoms. The molecule has 0 saturated carbocycles. The number of aliphatic hydroxyl groups excluding tert-OH is 1. The highest BCUT2D eigenvalue weighted by Crippen LogP contribution is 2.38. The number of furan rings is 1. The largest absolute Gasteiger partial charge is 0.455 e. The Morgan fingerprint density at radius 3 is 2.44 bits per heavy atom. The standard InChI is InChI=1S/C12H16N2O2.CH4O/c1-6-9-7(13)4-12(2,3)5-8(9)16-10(6)11(14)15;1-2/h13H,4-5H2,1-3H3,(H2,14,15);2H,1H3. The SMILES string of the molecule is CO.Cc1c(C(N)=O)oc2c1C(=N)CC(C)(C)C2. The fourth-order valence-electron chi connectivity index (χ4n) is 2.39. The molecule has 1 heterocycles. The minimum absolute atomic E-state index is 0.0172. The van der Waals surface area contributed by atoms with Crippen molar-refractivity contribution in [3.05, 3.63) is 22.6 Å². The third kappa shape index (κ3) is 2.46. The van der Waals surface area contributed by atoms with Crippen molar-refractivity contribution in [1.29, 1.82) is 5.41 Å². The topological polar surface area (TPSA) is 100 Å². The summed E-state index contributed by atoms with van der Waals surface area (Å²) < 4.78 is 5.49. The van der Waals surface area contributed by atoms with Crippen LogP contribution in [-0.4, -0.2) is 23.8 Å². The molecular weight excluding hydrogens is 232 g/mol. The molecule has 0 aliphatic heterocycles. The van der Waals surface area contributed by atoms with Crippen molar-refractivity contribution < 1.29 is 14.3 Å². The van der Waals surface area contributed by atoms with Crippen LogP contribution in [0.4, 0.5) is 0 Å². The molecule has 0 saturated heterocycles. The molecule has 5 nitrogen and oxygen atoms in total. The maximum Gasteiger partial charge on any atom is 0.284 e. The van der Waals surface area contributed by atoms with Crippen LogP contribution in [0.1, 0.15) is 47.7 Å². The number of primary amides is 1. The number of rotatable bonds is 1. The Hall–Kier alpha value is -1.62. The van der Waals surface area contributed by atoms with Gasteiger partial charge in [0.1, 0.15) is 5.76 Å². The minimum atomic E-state index is -0.558. The Kier molecular flexibility index (Phi) is 3.96. The molecular formula is C13H20N2O3. The van der Waals surface area contributed by atoms with Gasteiger partial charge in [-0.3, -0.25) is 4.79 Å². The summed E-state index contributed by atoms with van der Waals surface area (Å²) in [5.74, 6) is 0.373. The zero-order chi connectivity index (χ0) is 14.1. The van der Waals surface area contributed by atoms with Gasteiger partial charge < -0.3 is 20.7 Å². The van der Waals surface area contributed by atoms with Crippen molar-refractivity contribution in [1.82, 2.24) is 0 Å². The van der Waals surface area contributed by atoms with E-state index in [1.165, 1.54) is 0 Å². The second-order valence-corrected chi connectivity index (χ2v) is 5.21. The normalized spacial score (nSPS) is 16.6. The fraction of sp³-hybridized carbons (Fsp3) is 0.538. The van der Waals surface area contributed by atoms with Crippen LogP contribution in [0.25, 0.3) is 0 Å². The maximum atomic E-state index is 11.2. The first-order chi connectivity index (χ1) is 8.32. The Bertz CT molecular complexity index is 487. The van der Waals surface area contributed by atoms with Crippen molar-refractivity contribution in [2.45, 2.75) is 33.6 Å². The van der Waals surface area contributed by atoms with Crippen molar-refractivity contribution >= 4 is 11.6 Å². The van der Waals surface area contributed by atoms with Crippen LogP contribution in [0.15, 0.2) is 4.42 Å². The number of aliphatic hydroxyl groups is 1. The predicted octanol–water partition coefficient (Wildman–Crippen LogP) is 1.64. The molecule has 1 aromatic rings. The van der Waals surface area contributed by atoms with Crippen LogP contribution in [0.2, 0.25) is 0 Å². The smallest absolute Gasteiger partial charge is 0.284 e. The van der Waals surface area contributed by atoms with Crippen LogP contribution >= 0.6 is 0 Å². The van der Waals surface area contributed by atoms with Gasteiger partial charge >= 0.3 is 0 Å². The van der Waals surface area contributed by atoms with E-state index in [1.54, 1.807) is 6.92 Å². The summed E-state index contributed by atoms with van der Waals surface area (Å²) in [6.45, 7) is 5.97. The molecule has 0 fully saturated rings. The highest BCUT2D eigenvalue weighted by Gasteiger charge is 2.34. The molecule has 0 bridgehead atoms. The molecule has 1 aliphatic rings. The van der Waals surface area contributed by atoms with Gasteiger partial charge in [-0.15, -0.1) is 0 Å². The van der Waals surface area contributed by atoms with E-state index in [2.05, 4.69) is 13.8 Å². The van der Waals surface area contributed by atoms with Gasteiger partial charge in [-0.05, 0) is 18.8 Å². The number of carbonyl (C=O) groups excluding carboxylic acids is 1. The number of nitrogens with two attached hydrogens (primary N) is 1. The van der Waals surface area contributed by atoms with Gasteiger partial charge in [0.25, 0.3) is 5.91 Å². The van der Waals surface area contributed by atoms with Gasteiger partial charge in [0, 0.05) is 30.4 Å². The first-order valence-electron chi connectivity index (χ1n) is 5.76. The lowest BCUT2D eigenvalue weighted by Gasteiger charge is -2.28. The highest BCUT2D eigenvalue weighted by molar-refractivity contribution is 6.04. The van der Waals surface area contributed by atoms with Gasteiger partial charge in [0.05, 0.1) is 0 Å². The zero-order valence-corrected chi connectivity index (χ0v) is 11.3. The Balaban J connectivity index is 0.000000771. The summed E-state index contributed by atoms with van der Waals surface area (Å²) in [6, 6.07) is 0. The van der Waals surface area contributed by atoms with Gasteiger partial charge in [-0.25, -0.2) is 0 Å². The molecule has 4 N–H and O–H groups in total. The summed E-state index contributed by atoms with van der Waals surface area (Å²) in [4.78, 5) is 11.2. The van der Waals surface area contributed by atoms with E-state index in [0.29, 0.717) is 17.7 Å². The summed E-state index contributed by atoms with van der Waals surface area (Å²) >= 11 is 0. The van der Waals surface area contributed by atoms with E-state index >= 15 is 0 Å². The van der Waals surface area contributed by atoms with Crippen molar-refractivity contribution in [3.63, 3.8) is 0 Å². The third-order valence-corrected chi connectivity index (χ3v) is 3.04. The Morgan fingerprint density at radius 1 is 1.39 bits per heavy atom. The number of hydrogen-bond donors (Lipinski definition) is 3. The average molecular weight is 252 g/mol. The van der Waals surface area contributed by atoms with E-state index in [1.807, 2.05) is 0 Å². The monoisotopic (exact) mass is 252 g/mol. The molecule has 0 radical (unpaired) electrons. The van der Waals surface area contributed by atoms with Crippen LogP contribution < -0.4 is 5.73 Å². The number of fused-ring (bicyclic) bond motifs is 1. The molecule has 1 amide bonds. The van der Waals surface area contributed by atoms with E-state index < -0.39 is 5.91 Å². The average Bonchev–Trinajstić information content (AvgIpc) is 2.56. The van der Waals surface area contributed by atoms with Gasteiger partial charge in [0.15, 0.2) is 5.76 Å². The van der Waals surface area contributed by atoms with E-state index in [-0.39, 0.29) is 11.2 Å². The maximum absolute atomic E-state index is 11.2.